The number of hydrogen-bond donors (Lipinski definition) is 1. The third-order valence-electron chi connectivity index (χ3n) is 4.64. The predicted molar refractivity (Wildman–Crippen MR) is 114 cm³/mol. The van der Waals surface area contributed by atoms with Gasteiger partial charge in [-0.3, -0.25) is 9.59 Å². The summed E-state index contributed by atoms with van der Waals surface area (Å²) in [6.45, 7) is 11.7. The number of fused-ring (bicyclic) bond motifs is 1. The van der Waals surface area contributed by atoms with Crippen molar-refractivity contribution in [3.05, 3.63) is 59.7 Å². The molecule has 2 aromatic carbocycles. The lowest BCUT2D eigenvalue weighted by atomic mass is 10.1. The summed E-state index contributed by atoms with van der Waals surface area (Å²) in [5.41, 5.74) is 4.09. The van der Waals surface area contributed by atoms with Crippen molar-refractivity contribution in [2.45, 2.75) is 33.8 Å². The molecule has 1 N–H and O–H groups in total. The van der Waals surface area contributed by atoms with E-state index < -0.39 is 6.10 Å². The number of nitrogens with one attached hydrogen (secondary N) is 1. The van der Waals surface area contributed by atoms with Crippen molar-refractivity contribution < 1.29 is 19.1 Å². The van der Waals surface area contributed by atoms with E-state index in [0.717, 1.165) is 22.4 Å². The molecule has 6 nitrogen and oxygen atoms in total. The summed E-state index contributed by atoms with van der Waals surface area (Å²) >= 11 is 0. The maximum atomic E-state index is 12.4. The molecule has 6 heteroatoms. The average Bonchev–Trinajstić information content (AvgIpc) is 2.64. The highest BCUT2D eigenvalue weighted by Crippen LogP contribution is 2.36. The summed E-state index contributed by atoms with van der Waals surface area (Å²) in [5, 5.41) is 2.82. The van der Waals surface area contributed by atoms with E-state index in [9.17, 15) is 9.59 Å². The molecule has 1 aliphatic heterocycles. The zero-order valence-corrected chi connectivity index (χ0v) is 17.2. The Kier molecular flexibility index (Phi) is 5.92. The van der Waals surface area contributed by atoms with Crippen LogP contribution in [-0.2, 0) is 9.59 Å². The lowest BCUT2D eigenvalue weighted by Crippen LogP contribution is -2.45. The fourth-order valence-corrected chi connectivity index (χ4v) is 3.28. The van der Waals surface area contributed by atoms with Crippen molar-refractivity contribution in [2.75, 3.05) is 23.4 Å². The van der Waals surface area contributed by atoms with Crippen LogP contribution >= 0.6 is 0 Å². The first-order chi connectivity index (χ1) is 13.8. The van der Waals surface area contributed by atoms with E-state index >= 15 is 0 Å². The van der Waals surface area contributed by atoms with Gasteiger partial charge in [0.1, 0.15) is 11.5 Å². The fraction of sp³-hybridized carbons (Fsp3) is 0.304. The number of carbonyl (C=O) groups is 2. The quantitative estimate of drug-likeness (QED) is 0.752. The van der Waals surface area contributed by atoms with Gasteiger partial charge in [-0.05, 0) is 51.0 Å². The van der Waals surface area contributed by atoms with Gasteiger partial charge in [-0.2, -0.15) is 0 Å². The number of carbonyl (C=O) groups excluding carboxylic acids is 2. The van der Waals surface area contributed by atoms with Crippen LogP contribution in [0.5, 0.6) is 11.5 Å². The van der Waals surface area contributed by atoms with E-state index in [1.54, 1.807) is 30.0 Å². The number of rotatable bonds is 6. The van der Waals surface area contributed by atoms with Gasteiger partial charge >= 0.3 is 0 Å². The first-order valence-electron chi connectivity index (χ1n) is 9.51. The molecule has 1 aliphatic rings. The maximum absolute atomic E-state index is 12.4. The van der Waals surface area contributed by atoms with Gasteiger partial charge in [0, 0.05) is 18.3 Å². The highest BCUT2D eigenvalue weighted by Gasteiger charge is 2.31. The van der Waals surface area contributed by atoms with Gasteiger partial charge in [0.2, 0.25) is 0 Å². The van der Waals surface area contributed by atoms with Crippen LogP contribution in [0.3, 0.4) is 0 Å². The number of para-hydroxylation sites is 1. The van der Waals surface area contributed by atoms with Gasteiger partial charge in [-0.15, -0.1) is 0 Å². The van der Waals surface area contributed by atoms with Gasteiger partial charge < -0.3 is 19.7 Å². The second-order valence-electron chi connectivity index (χ2n) is 7.38. The van der Waals surface area contributed by atoms with Crippen molar-refractivity contribution in [1.82, 2.24) is 0 Å². The van der Waals surface area contributed by atoms with Gasteiger partial charge in [-0.1, -0.05) is 30.4 Å². The summed E-state index contributed by atoms with van der Waals surface area (Å²) in [4.78, 5) is 26.4. The Morgan fingerprint density at radius 2 is 1.93 bits per heavy atom. The summed E-state index contributed by atoms with van der Waals surface area (Å²) in [6.07, 6.45) is -0.597. The van der Waals surface area contributed by atoms with E-state index in [2.05, 4.69) is 11.9 Å². The van der Waals surface area contributed by atoms with Crippen molar-refractivity contribution >= 4 is 23.2 Å². The molecule has 1 unspecified atom stereocenters. The summed E-state index contributed by atoms with van der Waals surface area (Å²) in [5.74, 6) is 0.886. The Balaban J connectivity index is 1.71. The molecule has 1 atom stereocenters. The minimum absolute atomic E-state index is 0.0969. The first-order valence-corrected chi connectivity index (χ1v) is 9.51. The largest absolute Gasteiger partial charge is 0.483 e. The molecule has 0 saturated heterocycles. The smallest absolute Gasteiger partial charge is 0.268 e. The molecular formula is C23H26N2O4. The van der Waals surface area contributed by atoms with Crippen LogP contribution in [0.15, 0.2) is 48.6 Å². The molecule has 29 heavy (non-hydrogen) atoms. The highest BCUT2D eigenvalue weighted by molar-refractivity contribution is 6.01. The van der Waals surface area contributed by atoms with Crippen LogP contribution in [0.1, 0.15) is 25.0 Å². The van der Waals surface area contributed by atoms with Crippen LogP contribution in [-0.4, -0.2) is 31.1 Å². The van der Waals surface area contributed by atoms with E-state index in [0.29, 0.717) is 23.7 Å². The molecule has 152 valence electrons. The van der Waals surface area contributed by atoms with Crippen molar-refractivity contribution in [2.24, 2.45) is 0 Å². The molecule has 2 amide bonds. The molecule has 0 saturated carbocycles. The Labute approximate surface area is 171 Å². The summed E-state index contributed by atoms with van der Waals surface area (Å²) < 4.78 is 11.4. The monoisotopic (exact) mass is 394 g/mol. The number of anilines is 2. The molecule has 1 heterocycles. The van der Waals surface area contributed by atoms with Crippen molar-refractivity contribution in [1.29, 1.82) is 0 Å². The van der Waals surface area contributed by atoms with Crippen molar-refractivity contribution in [3.63, 3.8) is 0 Å². The fourth-order valence-electron chi connectivity index (χ4n) is 3.28. The number of benzene rings is 2. The van der Waals surface area contributed by atoms with Crippen LogP contribution in [0.25, 0.3) is 0 Å². The van der Waals surface area contributed by atoms with Gasteiger partial charge in [0.05, 0.1) is 5.69 Å². The van der Waals surface area contributed by atoms with Crippen molar-refractivity contribution in [3.8, 4) is 11.5 Å². The standard InChI is InChI=1S/C23H26N2O4/c1-14(2)12-25-19-10-9-18(11-20(19)29-17(5)23(25)27)24-21(26)13-28-22-15(3)7-6-8-16(22)4/h6-11,17H,1,12-13H2,2-5H3,(H,24,26). The van der Waals surface area contributed by atoms with E-state index in [4.69, 9.17) is 9.47 Å². The second kappa shape index (κ2) is 8.39. The van der Waals surface area contributed by atoms with Crippen LogP contribution in [0.4, 0.5) is 11.4 Å². The number of amides is 2. The van der Waals surface area contributed by atoms with E-state index in [1.165, 1.54) is 0 Å². The summed E-state index contributed by atoms with van der Waals surface area (Å²) in [7, 11) is 0. The molecule has 2 aromatic rings. The predicted octanol–water partition coefficient (Wildman–Crippen LogP) is 4.01. The van der Waals surface area contributed by atoms with Gasteiger partial charge in [0.15, 0.2) is 12.7 Å². The minimum atomic E-state index is -0.597. The van der Waals surface area contributed by atoms with E-state index in [1.807, 2.05) is 39.0 Å². The van der Waals surface area contributed by atoms with Gasteiger partial charge in [0.25, 0.3) is 11.8 Å². The first kappa shape index (κ1) is 20.5. The molecule has 0 bridgehead atoms. The van der Waals surface area contributed by atoms with Crippen LogP contribution in [0, 0.1) is 13.8 Å². The molecule has 0 spiro atoms. The molecule has 0 radical (unpaired) electrons. The zero-order valence-electron chi connectivity index (χ0n) is 17.2. The number of ether oxygens (including phenoxy) is 2. The molecular weight excluding hydrogens is 368 g/mol. The van der Waals surface area contributed by atoms with E-state index in [-0.39, 0.29) is 18.4 Å². The summed E-state index contributed by atoms with van der Waals surface area (Å²) in [6, 6.07) is 11.1. The Morgan fingerprint density at radius 3 is 2.59 bits per heavy atom. The normalized spacial score (nSPS) is 15.4. The lowest BCUT2D eigenvalue weighted by molar-refractivity contribution is -0.125. The topological polar surface area (TPSA) is 67.9 Å². The molecule has 0 fully saturated rings. The molecule has 0 aromatic heterocycles. The van der Waals surface area contributed by atoms with Crippen LogP contribution < -0.4 is 19.7 Å². The Hall–Kier alpha value is -3.28. The number of nitrogens with zero attached hydrogens (tertiary/aromatic N) is 1. The van der Waals surface area contributed by atoms with Crippen LogP contribution in [0.2, 0.25) is 0 Å². The SMILES string of the molecule is C=C(C)CN1C(=O)C(C)Oc2cc(NC(=O)COc3c(C)cccc3C)ccc21. The van der Waals surface area contributed by atoms with Gasteiger partial charge in [-0.25, -0.2) is 0 Å². The minimum Gasteiger partial charge on any atom is -0.483 e. The number of aryl methyl sites for hydroxylation is 2. The Morgan fingerprint density at radius 1 is 1.24 bits per heavy atom. The zero-order chi connectivity index (χ0) is 21.1. The third kappa shape index (κ3) is 4.59. The maximum Gasteiger partial charge on any atom is 0.268 e. The highest BCUT2D eigenvalue weighted by atomic mass is 16.5. The second-order valence-corrected chi connectivity index (χ2v) is 7.38. The molecule has 3 rings (SSSR count). The molecule has 0 aliphatic carbocycles. The third-order valence-corrected chi connectivity index (χ3v) is 4.64. The Bertz CT molecular complexity index is 947. The average molecular weight is 394 g/mol. The lowest BCUT2D eigenvalue weighted by Gasteiger charge is -2.33. The number of hydrogen-bond acceptors (Lipinski definition) is 4.